The van der Waals surface area contributed by atoms with Crippen molar-refractivity contribution in [2.24, 2.45) is 0 Å². The van der Waals surface area contributed by atoms with E-state index in [-0.39, 0.29) is 11.9 Å². The Morgan fingerprint density at radius 1 is 1.14 bits per heavy atom. The van der Waals surface area contributed by atoms with Crippen molar-refractivity contribution in [2.75, 3.05) is 31.2 Å². The Balaban J connectivity index is 1.56. The lowest BCUT2D eigenvalue weighted by molar-refractivity contribution is 0.0547. The van der Waals surface area contributed by atoms with E-state index in [1.165, 1.54) is 0 Å². The largest absolute Gasteiger partial charge is 0.378 e. The van der Waals surface area contributed by atoms with E-state index in [1.54, 1.807) is 11.2 Å². The van der Waals surface area contributed by atoms with Crippen LogP contribution in [0.3, 0.4) is 0 Å². The number of anilines is 1. The summed E-state index contributed by atoms with van der Waals surface area (Å²) in [6.45, 7) is 6.68. The van der Waals surface area contributed by atoms with Crippen LogP contribution in [0.15, 0.2) is 35.1 Å². The van der Waals surface area contributed by atoms with Crippen LogP contribution in [0.2, 0.25) is 0 Å². The summed E-state index contributed by atoms with van der Waals surface area (Å²) in [5.74, 6) is 1.15. The SMILES string of the molecule is CC(C)c1nc(-c2ncn3c2CN(C(=O)N2CCOCC2)c2ccccc2-3)no1. The Morgan fingerprint density at radius 2 is 1.90 bits per heavy atom. The number of carbonyl (C=O) groups excluding carboxylic acids is 1. The molecular formula is C20H22N6O3. The summed E-state index contributed by atoms with van der Waals surface area (Å²) in [6, 6.07) is 7.81. The lowest BCUT2D eigenvalue weighted by Crippen LogP contribution is -2.49. The zero-order valence-corrected chi connectivity index (χ0v) is 16.4. The number of para-hydroxylation sites is 2. The first-order chi connectivity index (χ1) is 14.1. The number of nitrogens with zero attached hydrogens (tertiary/aromatic N) is 6. The fourth-order valence-electron chi connectivity index (χ4n) is 3.71. The van der Waals surface area contributed by atoms with Gasteiger partial charge in [0.25, 0.3) is 0 Å². The van der Waals surface area contributed by atoms with Crippen molar-refractivity contribution >= 4 is 11.7 Å². The molecule has 4 heterocycles. The van der Waals surface area contributed by atoms with Crippen LogP contribution in [0.4, 0.5) is 10.5 Å². The summed E-state index contributed by atoms with van der Waals surface area (Å²) in [7, 11) is 0. The Kier molecular flexibility index (Phi) is 4.31. The molecule has 1 saturated heterocycles. The molecule has 0 saturated carbocycles. The van der Waals surface area contributed by atoms with Gasteiger partial charge in [-0.1, -0.05) is 31.1 Å². The van der Waals surface area contributed by atoms with Gasteiger partial charge in [0.1, 0.15) is 12.0 Å². The smallest absolute Gasteiger partial charge is 0.325 e. The maximum absolute atomic E-state index is 13.3. The molecule has 1 aromatic carbocycles. The van der Waals surface area contributed by atoms with E-state index in [4.69, 9.17) is 9.26 Å². The number of carbonyl (C=O) groups is 1. The van der Waals surface area contributed by atoms with Crippen LogP contribution in [-0.2, 0) is 11.3 Å². The molecule has 0 bridgehead atoms. The molecule has 3 aromatic rings. The number of hydrogen-bond donors (Lipinski definition) is 0. The van der Waals surface area contributed by atoms with Crippen LogP contribution in [0.5, 0.6) is 0 Å². The van der Waals surface area contributed by atoms with E-state index in [0.29, 0.717) is 50.3 Å². The maximum atomic E-state index is 13.3. The fraction of sp³-hybridized carbons (Fsp3) is 0.400. The van der Waals surface area contributed by atoms with E-state index >= 15 is 0 Å². The highest BCUT2D eigenvalue weighted by molar-refractivity contribution is 5.95. The second-order valence-electron chi connectivity index (χ2n) is 7.48. The monoisotopic (exact) mass is 394 g/mol. The van der Waals surface area contributed by atoms with E-state index in [2.05, 4.69) is 15.1 Å². The Bertz CT molecular complexity index is 1050. The minimum absolute atomic E-state index is 0.0323. The molecule has 0 atom stereocenters. The third kappa shape index (κ3) is 2.98. The lowest BCUT2D eigenvalue weighted by atomic mass is 10.1. The first-order valence-electron chi connectivity index (χ1n) is 9.77. The molecule has 9 nitrogen and oxygen atoms in total. The number of benzene rings is 1. The molecule has 0 spiro atoms. The van der Waals surface area contributed by atoms with Crippen LogP contribution >= 0.6 is 0 Å². The third-order valence-corrected chi connectivity index (χ3v) is 5.27. The van der Waals surface area contributed by atoms with Gasteiger partial charge in [0.15, 0.2) is 0 Å². The molecule has 29 heavy (non-hydrogen) atoms. The highest BCUT2D eigenvalue weighted by Gasteiger charge is 2.33. The Morgan fingerprint density at radius 3 is 2.62 bits per heavy atom. The molecule has 150 valence electrons. The summed E-state index contributed by atoms with van der Waals surface area (Å²) in [5, 5.41) is 4.11. The van der Waals surface area contributed by atoms with Gasteiger partial charge in [0.2, 0.25) is 11.7 Å². The van der Waals surface area contributed by atoms with E-state index in [1.807, 2.05) is 47.6 Å². The summed E-state index contributed by atoms with van der Waals surface area (Å²) in [4.78, 5) is 26.0. The molecule has 2 aliphatic heterocycles. The van der Waals surface area contributed by atoms with E-state index in [9.17, 15) is 4.79 Å². The number of fused-ring (bicyclic) bond motifs is 3. The van der Waals surface area contributed by atoms with Gasteiger partial charge >= 0.3 is 6.03 Å². The van der Waals surface area contributed by atoms with Crippen molar-refractivity contribution in [1.82, 2.24) is 24.6 Å². The van der Waals surface area contributed by atoms with Gasteiger partial charge in [-0.05, 0) is 12.1 Å². The first-order valence-corrected chi connectivity index (χ1v) is 9.77. The van der Waals surface area contributed by atoms with Crippen LogP contribution in [-0.4, -0.2) is 56.9 Å². The number of imidazole rings is 1. The molecule has 1 fully saturated rings. The summed E-state index contributed by atoms with van der Waals surface area (Å²) in [5.41, 5.74) is 3.26. The molecule has 0 unspecified atom stereocenters. The van der Waals surface area contributed by atoms with Gasteiger partial charge in [-0.25, -0.2) is 9.78 Å². The van der Waals surface area contributed by atoms with Crippen molar-refractivity contribution in [2.45, 2.75) is 26.3 Å². The topological polar surface area (TPSA) is 89.5 Å². The molecule has 5 rings (SSSR count). The number of rotatable bonds is 2. The minimum Gasteiger partial charge on any atom is -0.378 e. The fourth-order valence-corrected chi connectivity index (χ4v) is 3.71. The maximum Gasteiger partial charge on any atom is 0.325 e. The number of aromatic nitrogens is 4. The predicted molar refractivity (Wildman–Crippen MR) is 105 cm³/mol. The van der Waals surface area contributed by atoms with Crippen molar-refractivity contribution in [3.8, 4) is 17.2 Å². The first kappa shape index (κ1) is 17.9. The van der Waals surface area contributed by atoms with Gasteiger partial charge in [-0.3, -0.25) is 9.47 Å². The predicted octanol–water partition coefficient (Wildman–Crippen LogP) is 2.82. The highest BCUT2D eigenvalue weighted by Crippen LogP contribution is 2.36. The third-order valence-electron chi connectivity index (χ3n) is 5.27. The van der Waals surface area contributed by atoms with Gasteiger partial charge in [0.05, 0.1) is 36.8 Å². The van der Waals surface area contributed by atoms with Crippen molar-refractivity contribution in [1.29, 1.82) is 0 Å². The van der Waals surface area contributed by atoms with Crippen molar-refractivity contribution in [3.05, 3.63) is 42.2 Å². The average Bonchev–Trinajstić information content (AvgIpc) is 3.40. The molecule has 2 aromatic heterocycles. The van der Waals surface area contributed by atoms with Crippen LogP contribution in [0, 0.1) is 0 Å². The number of morpholine rings is 1. The molecule has 0 aliphatic carbocycles. The van der Waals surface area contributed by atoms with E-state index in [0.717, 1.165) is 17.1 Å². The van der Waals surface area contributed by atoms with Crippen molar-refractivity contribution in [3.63, 3.8) is 0 Å². The van der Waals surface area contributed by atoms with Gasteiger partial charge in [-0.2, -0.15) is 4.98 Å². The number of hydrogen-bond acceptors (Lipinski definition) is 6. The molecule has 9 heteroatoms. The molecular weight excluding hydrogens is 372 g/mol. The van der Waals surface area contributed by atoms with Crippen LogP contribution in [0.25, 0.3) is 17.2 Å². The molecule has 2 amide bonds. The average molecular weight is 394 g/mol. The van der Waals surface area contributed by atoms with E-state index < -0.39 is 0 Å². The summed E-state index contributed by atoms with van der Waals surface area (Å²) >= 11 is 0. The number of urea groups is 1. The zero-order valence-electron chi connectivity index (χ0n) is 16.4. The molecule has 2 aliphatic rings. The molecule has 0 radical (unpaired) electrons. The van der Waals surface area contributed by atoms with Crippen molar-refractivity contribution < 1.29 is 14.1 Å². The normalized spacial score (nSPS) is 16.1. The summed E-state index contributed by atoms with van der Waals surface area (Å²) < 4.78 is 12.8. The summed E-state index contributed by atoms with van der Waals surface area (Å²) in [6.07, 6.45) is 1.76. The number of amides is 2. The minimum atomic E-state index is -0.0323. The zero-order chi connectivity index (χ0) is 20.0. The van der Waals surface area contributed by atoms with Crippen LogP contribution in [0.1, 0.15) is 31.4 Å². The van der Waals surface area contributed by atoms with Gasteiger partial charge < -0.3 is 14.2 Å². The number of ether oxygens (including phenoxy) is 1. The van der Waals surface area contributed by atoms with Gasteiger partial charge in [-0.15, -0.1) is 0 Å². The lowest BCUT2D eigenvalue weighted by Gasteiger charge is -2.36. The second-order valence-corrected chi connectivity index (χ2v) is 7.48. The van der Waals surface area contributed by atoms with Crippen LogP contribution < -0.4 is 4.90 Å². The second kappa shape index (κ2) is 7.00. The quantitative estimate of drug-likeness (QED) is 0.664. The Hall–Kier alpha value is -3.20. The Labute approximate surface area is 167 Å². The highest BCUT2D eigenvalue weighted by atomic mass is 16.5. The standard InChI is InChI=1S/C20H22N6O3/c1-13(2)19-22-18(23-29-19)17-16-11-25(20(27)24-7-9-28-10-8-24)14-5-3-4-6-15(14)26(16)12-21-17/h3-6,12-13H,7-11H2,1-2H3. The van der Waals surface area contributed by atoms with Gasteiger partial charge in [0, 0.05) is 19.0 Å². The molecule has 0 N–H and O–H groups in total.